The minimum absolute atomic E-state index is 0.215. The van der Waals surface area contributed by atoms with Gasteiger partial charge in [-0.1, -0.05) is 25.2 Å². The Morgan fingerprint density at radius 2 is 1.75 bits per heavy atom. The number of carbonyl (C=O) groups excluding carboxylic acids is 1. The molecule has 3 aromatic rings. The predicted octanol–water partition coefficient (Wildman–Crippen LogP) is 4.18. The molecule has 4 rings (SSSR count). The van der Waals surface area contributed by atoms with Crippen LogP contribution in [-0.4, -0.2) is 75.9 Å². The van der Waals surface area contributed by atoms with Crippen LogP contribution >= 0.6 is 11.3 Å². The van der Waals surface area contributed by atoms with Crippen molar-refractivity contribution in [2.45, 2.75) is 25.2 Å². The molecule has 1 saturated heterocycles. The summed E-state index contributed by atoms with van der Waals surface area (Å²) in [6, 6.07) is 12.0. The molecule has 0 bridgehead atoms. The fourth-order valence-electron chi connectivity index (χ4n) is 4.60. The Balaban J connectivity index is 1.61. The van der Waals surface area contributed by atoms with Crippen LogP contribution in [0.3, 0.4) is 0 Å². The number of anilines is 1. The molecule has 194 valence electrons. The Morgan fingerprint density at radius 3 is 2.36 bits per heavy atom. The molecule has 1 amide bonds. The first kappa shape index (κ1) is 26.5. The van der Waals surface area contributed by atoms with Gasteiger partial charge in [-0.05, 0) is 68.8 Å². The van der Waals surface area contributed by atoms with Crippen molar-refractivity contribution in [3.8, 4) is 5.75 Å². The Morgan fingerprint density at radius 1 is 1.08 bits per heavy atom. The van der Waals surface area contributed by atoms with Gasteiger partial charge in [0.1, 0.15) is 5.75 Å². The van der Waals surface area contributed by atoms with Crippen molar-refractivity contribution in [2.24, 2.45) is 11.8 Å². The zero-order valence-electron chi connectivity index (χ0n) is 21.5. The largest absolute Gasteiger partial charge is 0.497 e. The minimum Gasteiger partial charge on any atom is -0.497 e. The van der Waals surface area contributed by atoms with E-state index < -0.39 is 10.0 Å². The van der Waals surface area contributed by atoms with Crippen LogP contribution < -0.4 is 9.64 Å². The van der Waals surface area contributed by atoms with Crippen LogP contribution in [-0.2, 0) is 10.0 Å². The fraction of sp³-hybridized carbons (Fsp3) is 0.462. The molecular weight excluding hydrogens is 496 g/mol. The van der Waals surface area contributed by atoms with Gasteiger partial charge in [0.25, 0.3) is 5.91 Å². The van der Waals surface area contributed by atoms with Crippen molar-refractivity contribution in [3.05, 3.63) is 48.0 Å². The summed E-state index contributed by atoms with van der Waals surface area (Å²) in [4.78, 5) is 22.2. The molecule has 1 aliphatic rings. The van der Waals surface area contributed by atoms with E-state index in [0.29, 0.717) is 54.5 Å². The van der Waals surface area contributed by atoms with E-state index in [0.717, 1.165) is 16.6 Å². The van der Waals surface area contributed by atoms with Crippen molar-refractivity contribution in [3.63, 3.8) is 0 Å². The number of carbonyl (C=O) groups is 1. The normalized spacial score (nSPS) is 19.1. The minimum atomic E-state index is -3.61. The van der Waals surface area contributed by atoms with Gasteiger partial charge in [0.05, 0.1) is 22.2 Å². The molecule has 0 spiro atoms. The number of likely N-dealkylation sites (N-methyl/N-ethyl adjacent to an activating group) is 1. The van der Waals surface area contributed by atoms with Crippen molar-refractivity contribution < 1.29 is 17.9 Å². The molecule has 2 atom stereocenters. The lowest BCUT2D eigenvalue weighted by Gasteiger charge is -2.34. The van der Waals surface area contributed by atoms with E-state index in [4.69, 9.17) is 9.72 Å². The van der Waals surface area contributed by atoms with Crippen molar-refractivity contribution in [2.75, 3.05) is 52.3 Å². The number of sulfonamides is 1. The van der Waals surface area contributed by atoms with E-state index in [1.807, 2.05) is 37.2 Å². The zero-order chi connectivity index (χ0) is 26.0. The average Bonchev–Trinajstić information content (AvgIpc) is 3.26. The van der Waals surface area contributed by atoms with Crippen LogP contribution in [0.5, 0.6) is 5.75 Å². The van der Waals surface area contributed by atoms with E-state index in [2.05, 4.69) is 13.8 Å². The highest BCUT2D eigenvalue weighted by Gasteiger charge is 2.32. The lowest BCUT2D eigenvalue weighted by atomic mass is 9.94. The molecule has 1 aromatic heterocycles. The highest BCUT2D eigenvalue weighted by atomic mass is 32.2. The summed E-state index contributed by atoms with van der Waals surface area (Å²) in [5.74, 6) is 1.14. The maximum absolute atomic E-state index is 13.6. The standard InChI is InChI=1S/C26H34N4O4S2/c1-18-14-19(2)17-29(16-18)36(32,33)22-9-6-20(7-10-22)25(31)30(13-12-28(3)4)26-27-23-15-21(34-5)8-11-24(23)35-26/h6-11,15,18-19H,12-14,16-17H2,1-5H3. The number of amides is 1. The van der Waals surface area contributed by atoms with Crippen LogP contribution in [0.25, 0.3) is 10.2 Å². The maximum atomic E-state index is 13.6. The average molecular weight is 531 g/mol. The second-order valence-electron chi connectivity index (χ2n) is 9.88. The molecule has 2 aromatic carbocycles. The van der Waals surface area contributed by atoms with Crippen LogP contribution in [0.15, 0.2) is 47.4 Å². The summed E-state index contributed by atoms with van der Waals surface area (Å²) in [5, 5.41) is 0.595. The van der Waals surface area contributed by atoms with Gasteiger partial charge in [0.2, 0.25) is 10.0 Å². The SMILES string of the molecule is COc1ccc2sc(N(CCN(C)C)C(=O)c3ccc(S(=O)(=O)N4CC(C)CC(C)C4)cc3)nc2c1. The predicted molar refractivity (Wildman–Crippen MR) is 145 cm³/mol. The van der Waals surface area contributed by atoms with Crippen molar-refractivity contribution in [1.82, 2.24) is 14.2 Å². The van der Waals surface area contributed by atoms with E-state index in [-0.39, 0.29) is 10.8 Å². The fourth-order valence-corrected chi connectivity index (χ4v) is 7.25. The Labute approximate surface area is 217 Å². The molecular formula is C26H34N4O4S2. The molecule has 2 heterocycles. The molecule has 8 nitrogen and oxygen atoms in total. The number of hydrogen-bond donors (Lipinski definition) is 0. The van der Waals surface area contributed by atoms with Gasteiger partial charge in [-0.25, -0.2) is 13.4 Å². The van der Waals surface area contributed by atoms with Gasteiger partial charge in [-0.15, -0.1) is 0 Å². The monoisotopic (exact) mass is 530 g/mol. The number of ether oxygens (including phenoxy) is 1. The quantitative estimate of drug-likeness (QED) is 0.435. The van der Waals surface area contributed by atoms with Crippen LogP contribution in [0, 0.1) is 11.8 Å². The molecule has 1 aliphatic heterocycles. The first-order valence-corrected chi connectivity index (χ1v) is 14.4. The van der Waals surface area contributed by atoms with Crippen molar-refractivity contribution in [1.29, 1.82) is 0 Å². The number of benzene rings is 2. The van der Waals surface area contributed by atoms with Gasteiger partial charge in [-0.3, -0.25) is 9.69 Å². The second-order valence-corrected chi connectivity index (χ2v) is 12.8. The lowest BCUT2D eigenvalue weighted by Crippen LogP contribution is -2.42. The summed E-state index contributed by atoms with van der Waals surface area (Å²) in [6.45, 7) is 6.32. The third-order valence-corrected chi connectivity index (χ3v) is 9.31. The molecule has 1 fully saturated rings. The molecule has 0 saturated carbocycles. The van der Waals surface area contributed by atoms with Crippen LogP contribution in [0.1, 0.15) is 30.6 Å². The van der Waals surface area contributed by atoms with Gasteiger partial charge in [-0.2, -0.15) is 4.31 Å². The highest BCUT2D eigenvalue weighted by Crippen LogP contribution is 2.32. The number of methoxy groups -OCH3 is 1. The molecule has 2 unspecified atom stereocenters. The second kappa shape index (κ2) is 10.8. The van der Waals surface area contributed by atoms with Crippen molar-refractivity contribution >= 4 is 42.6 Å². The number of nitrogens with zero attached hydrogens (tertiary/aromatic N) is 4. The smallest absolute Gasteiger partial charge is 0.260 e. The van der Waals surface area contributed by atoms with Gasteiger partial charge < -0.3 is 9.64 Å². The Hall–Kier alpha value is -2.53. The summed E-state index contributed by atoms with van der Waals surface area (Å²) in [6.07, 6.45) is 1.03. The van der Waals surface area contributed by atoms with E-state index in [9.17, 15) is 13.2 Å². The van der Waals surface area contributed by atoms with Gasteiger partial charge in [0, 0.05) is 37.8 Å². The topological polar surface area (TPSA) is 83.0 Å². The molecule has 10 heteroatoms. The number of fused-ring (bicyclic) bond motifs is 1. The summed E-state index contributed by atoms with van der Waals surface area (Å²) >= 11 is 1.44. The number of hydrogen-bond acceptors (Lipinski definition) is 7. The molecule has 0 N–H and O–H groups in total. The summed E-state index contributed by atoms with van der Waals surface area (Å²) in [7, 11) is 1.90. The van der Waals surface area contributed by atoms with E-state index in [1.165, 1.54) is 11.3 Å². The van der Waals surface area contributed by atoms with Crippen LogP contribution in [0.4, 0.5) is 5.13 Å². The lowest BCUT2D eigenvalue weighted by molar-refractivity contribution is 0.0985. The van der Waals surface area contributed by atoms with Gasteiger partial charge in [0.15, 0.2) is 5.13 Å². The first-order chi connectivity index (χ1) is 17.1. The Kier molecular flexibility index (Phi) is 7.99. The van der Waals surface area contributed by atoms with E-state index >= 15 is 0 Å². The third-order valence-electron chi connectivity index (χ3n) is 6.40. The summed E-state index contributed by atoms with van der Waals surface area (Å²) < 4.78 is 34.3. The van der Waals surface area contributed by atoms with Crippen LogP contribution in [0.2, 0.25) is 0 Å². The van der Waals surface area contributed by atoms with E-state index in [1.54, 1.807) is 40.6 Å². The third kappa shape index (κ3) is 5.72. The molecule has 0 radical (unpaired) electrons. The maximum Gasteiger partial charge on any atom is 0.260 e. The molecule has 36 heavy (non-hydrogen) atoms. The highest BCUT2D eigenvalue weighted by molar-refractivity contribution is 7.89. The first-order valence-electron chi connectivity index (χ1n) is 12.1. The zero-order valence-corrected chi connectivity index (χ0v) is 23.1. The Bertz CT molecular complexity index is 1310. The van der Waals surface area contributed by atoms with Gasteiger partial charge >= 0.3 is 0 Å². The number of thiazole rings is 1. The number of piperidine rings is 1. The molecule has 0 aliphatic carbocycles. The summed E-state index contributed by atoms with van der Waals surface area (Å²) in [5.41, 5.74) is 1.19. The number of aromatic nitrogens is 1. The number of rotatable bonds is 8.